The molecule has 0 saturated carbocycles. The third-order valence-corrected chi connectivity index (χ3v) is 3.58. The number of hydrogen-bond acceptors (Lipinski definition) is 4. The molecule has 2 atom stereocenters. The van der Waals surface area contributed by atoms with E-state index in [0.717, 1.165) is 24.3 Å². The van der Waals surface area contributed by atoms with Crippen molar-refractivity contribution in [3.63, 3.8) is 0 Å². The van der Waals surface area contributed by atoms with Crippen molar-refractivity contribution < 1.29 is 15.3 Å². The Morgan fingerprint density at radius 3 is 2.50 bits per heavy atom. The fourth-order valence-electron chi connectivity index (χ4n) is 2.76. The Hall–Kier alpha value is -1.26. The molecule has 86 valence electrons. The van der Waals surface area contributed by atoms with Gasteiger partial charge in [0, 0.05) is 24.2 Å². The third kappa shape index (κ3) is 1.23. The highest BCUT2D eigenvalue weighted by Crippen LogP contribution is 2.46. The largest absolute Gasteiger partial charge is 0.507 e. The molecule has 2 heterocycles. The SMILES string of the molecule is Oc1ccc2c3c1C(O)CCN3CCC2O. The smallest absolute Gasteiger partial charge is 0.123 e. The maximum absolute atomic E-state index is 9.92. The summed E-state index contributed by atoms with van der Waals surface area (Å²) in [7, 11) is 0. The predicted octanol–water partition coefficient (Wildman–Crippen LogP) is 1.07. The van der Waals surface area contributed by atoms with E-state index in [1.807, 2.05) is 0 Å². The lowest BCUT2D eigenvalue weighted by molar-refractivity contribution is 0.144. The first kappa shape index (κ1) is 9.93. The van der Waals surface area contributed by atoms with E-state index in [1.165, 1.54) is 0 Å². The van der Waals surface area contributed by atoms with E-state index in [0.29, 0.717) is 18.4 Å². The molecule has 0 spiro atoms. The van der Waals surface area contributed by atoms with Crippen LogP contribution >= 0.6 is 0 Å². The molecule has 0 saturated heterocycles. The van der Waals surface area contributed by atoms with Crippen LogP contribution in [0.25, 0.3) is 0 Å². The second-order valence-electron chi connectivity index (χ2n) is 4.53. The molecule has 0 aliphatic carbocycles. The summed E-state index contributed by atoms with van der Waals surface area (Å²) in [6.07, 6.45) is 0.264. The molecule has 1 aromatic carbocycles. The average Bonchev–Trinajstić information content (AvgIpc) is 2.27. The van der Waals surface area contributed by atoms with Crippen LogP contribution < -0.4 is 4.90 Å². The molecule has 3 N–H and O–H groups in total. The van der Waals surface area contributed by atoms with Gasteiger partial charge in [0.2, 0.25) is 0 Å². The van der Waals surface area contributed by atoms with Crippen molar-refractivity contribution in [3.8, 4) is 5.75 Å². The van der Waals surface area contributed by atoms with Gasteiger partial charge < -0.3 is 20.2 Å². The second kappa shape index (κ2) is 3.37. The normalized spacial score (nSPS) is 27.8. The molecule has 2 unspecified atom stereocenters. The van der Waals surface area contributed by atoms with Crippen molar-refractivity contribution in [2.45, 2.75) is 25.0 Å². The van der Waals surface area contributed by atoms with Crippen molar-refractivity contribution >= 4 is 5.69 Å². The van der Waals surface area contributed by atoms with Crippen LogP contribution in [-0.4, -0.2) is 28.4 Å². The van der Waals surface area contributed by atoms with Crippen molar-refractivity contribution in [1.82, 2.24) is 0 Å². The minimum Gasteiger partial charge on any atom is -0.507 e. The van der Waals surface area contributed by atoms with Crippen LogP contribution in [0.15, 0.2) is 12.1 Å². The average molecular weight is 221 g/mol. The van der Waals surface area contributed by atoms with Crippen LogP contribution in [0.3, 0.4) is 0 Å². The minimum absolute atomic E-state index is 0.130. The summed E-state index contributed by atoms with van der Waals surface area (Å²) in [6.45, 7) is 1.58. The van der Waals surface area contributed by atoms with Gasteiger partial charge in [-0.15, -0.1) is 0 Å². The molecule has 3 rings (SSSR count). The lowest BCUT2D eigenvalue weighted by Gasteiger charge is -2.40. The Morgan fingerprint density at radius 1 is 1.06 bits per heavy atom. The number of anilines is 1. The molecule has 0 bridgehead atoms. The zero-order chi connectivity index (χ0) is 11.3. The van der Waals surface area contributed by atoms with E-state index < -0.39 is 12.2 Å². The Kier molecular flexibility index (Phi) is 2.09. The molecular weight excluding hydrogens is 206 g/mol. The number of benzene rings is 1. The first-order chi connectivity index (χ1) is 7.68. The molecule has 0 aromatic heterocycles. The zero-order valence-corrected chi connectivity index (χ0v) is 8.93. The van der Waals surface area contributed by atoms with Gasteiger partial charge in [-0.2, -0.15) is 0 Å². The standard InChI is InChI=1S/C12H15NO3/c14-8-3-5-13-6-4-10(16)11-9(15)2-1-7(8)12(11)13/h1-2,8,10,14-16H,3-6H2. The molecule has 0 fully saturated rings. The third-order valence-electron chi connectivity index (χ3n) is 3.58. The van der Waals surface area contributed by atoms with Gasteiger partial charge in [-0.3, -0.25) is 0 Å². The number of aliphatic hydroxyl groups is 2. The van der Waals surface area contributed by atoms with Gasteiger partial charge >= 0.3 is 0 Å². The highest BCUT2D eigenvalue weighted by atomic mass is 16.3. The quantitative estimate of drug-likeness (QED) is 0.613. The number of phenols is 1. The topological polar surface area (TPSA) is 63.9 Å². The molecule has 2 aliphatic heterocycles. The highest BCUT2D eigenvalue weighted by Gasteiger charge is 2.33. The highest BCUT2D eigenvalue weighted by molar-refractivity contribution is 5.68. The number of hydrogen-bond donors (Lipinski definition) is 3. The van der Waals surface area contributed by atoms with E-state index in [-0.39, 0.29) is 5.75 Å². The lowest BCUT2D eigenvalue weighted by Crippen LogP contribution is -2.37. The Bertz CT molecular complexity index is 431. The van der Waals surface area contributed by atoms with E-state index in [4.69, 9.17) is 0 Å². The Balaban J connectivity index is 2.25. The summed E-state index contributed by atoms with van der Waals surface area (Å²) < 4.78 is 0. The summed E-state index contributed by atoms with van der Waals surface area (Å²) in [5.74, 6) is 0.130. The van der Waals surface area contributed by atoms with Gasteiger partial charge in [-0.25, -0.2) is 0 Å². The molecule has 16 heavy (non-hydrogen) atoms. The molecule has 0 radical (unpaired) electrons. The summed E-state index contributed by atoms with van der Waals surface area (Å²) >= 11 is 0. The monoisotopic (exact) mass is 221 g/mol. The van der Waals surface area contributed by atoms with Crippen LogP contribution in [0.4, 0.5) is 5.69 Å². The minimum atomic E-state index is -0.614. The van der Waals surface area contributed by atoms with E-state index in [9.17, 15) is 15.3 Å². The number of aliphatic hydroxyl groups excluding tert-OH is 2. The number of phenolic OH excluding ortho intramolecular Hbond substituents is 1. The van der Waals surface area contributed by atoms with Gasteiger partial charge in [-0.05, 0) is 18.9 Å². The Labute approximate surface area is 93.8 Å². The van der Waals surface area contributed by atoms with Crippen molar-refractivity contribution in [2.75, 3.05) is 18.0 Å². The van der Waals surface area contributed by atoms with E-state index in [2.05, 4.69) is 4.90 Å². The van der Waals surface area contributed by atoms with Crippen LogP contribution in [-0.2, 0) is 0 Å². The van der Waals surface area contributed by atoms with Gasteiger partial charge in [0.15, 0.2) is 0 Å². The van der Waals surface area contributed by atoms with Crippen molar-refractivity contribution in [2.24, 2.45) is 0 Å². The van der Waals surface area contributed by atoms with E-state index in [1.54, 1.807) is 12.1 Å². The molecule has 2 aliphatic rings. The molecule has 4 nitrogen and oxygen atoms in total. The van der Waals surface area contributed by atoms with Gasteiger partial charge in [0.05, 0.1) is 17.9 Å². The molecular formula is C12H15NO3. The fourth-order valence-corrected chi connectivity index (χ4v) is 2.76. The zero-order valence-electron chi connectivity index (χ0n) is 8.93. The lowest BCUT2D eigenvalue weighted by atomic mass is 9.88. The Morgan fingerprint density at radius 2 is 1.75 bits per heavy atom. The number of aromatic hydroxyl groups is 1. The van der Waals surface area contributed by atoms with Crippen LogP contribution in [0, 0.1) is 0 Å². The van der Waals surface area contributed by atoms with Crippen LogP contribution in [0.1, 0.15) is 36.2 Å². The van der Waals surface area contributed by atoms with Crippen LogP contribution in [0.2, 0.25) is 0 Å². The summed E-state index contributed by atoms with van der Waals surface area (Å²) in [5.41, 5.74) is 2.26. The fraction of sp³-hybridized carbons (Fsp3) is 0.500. The maximum Gasteiger partial charge on any atom is 0.123 e. The summed E-state index contributed by atoms with van der Waals surface area (Å²) in [4.78, 5) is 2.14. The molecule has 4 heteroatoms. The summed E-state index contributed by atoms with van der Waals surface area (Å²) in [5, 5.41) is 29.6. The molecule has 1 aromatic rings. The second-order valence-corrected chi connectivity index (χ2v) is 4.53. The first-order valence-corrected chi connectivity index (χ1v) is 5.65. The van der Waals surface area contributed by atoms with Crippen LogP contribution in [0.5, 0.6) is 5.75 Å². The van der Waals surface area contributed by atoms with Crippen molar-refractivity contribution in [3.05, 3.63) is 23.3 Å². The molecule has 0 amide bonds. The predicted molar refractivity (Wildman–Crippen MR) is 59.5 cm³/mol. The first-order valence-electron chi connectivity index (χ1n) is 5.65. The van der Waals surface area contributed by atoms with Gasteiger partial charge in [0.1, 0.15) is 5.75 Å². The van der Waals surface area contributed by atoms with Gasteiger partial charge in [0.25, 0.3) is 0 Å². The van der Waals surface area contributed by atoms with Gasteiger partial charge in [-0.1, -0.05) is 6.07 Å². The summed E-state index contributed by atoms with van der Waals surface area (Å²) in [6, 6.07) is 3.32. The number of rotatable bonds is 0. The van der Waals surface area contributed by atoms with E-state index >= 15 is 0 Å². The van der Waals surface area contributed by atoms with Crippen molar-refractivity contribution in [1.29, 1.82) is 0 Å². The number of nitrogens with zero attached hydrogens (tertiary/aromatic N) is 1. The maximum atomic E-state index is 9.92.